The zero-order valence-corrected chi connectivity index (χ0v) is 13.8. The number of carbonyl (C=O) groups excluding carboxylic acids is 1. The van der Waals surface area contributed by atoms with E-state index in [1.54, 1.807) is 18.2 Å². The highest BCUT2D eigenvalue weighted by atomic mass is 19.1. The summed E-state index contributed by atoms with van der Waals surface area (Å²) in [6, 6.07) is 6.97. The molecule has 1 aliphatic rings. The lowest BCUT2D eigenvalue weighted by Gasteiger charge is -2.35. The molecule has 25 heavy (non-hydrogen) atoms. The molecule has 1 atom stereocenters. The maximum Gasteiger partial charge on any atom is 0.325 e. The fourth-order valence-electron chi connectivity index (χ4n) is 2.42. The molecule has 1 aliphatic heterocycles. The Kier molecular flexibility index (Phi) is 5.95. The van der Waals surface area contributed by atoms with Crippen LogP contribution in [0.5, 0.6) is 0 Å². The van der Waals surface area contributed by atoms with Gasteiger partial charge in [0.15, 0.2) is 0 Å². The second-order valence-corrected chi connectivity index (χ2v) is 5.69. The van der Waals surface area contributed by atoms with E-state index in [0.29, 0.717) is 26.2 Å². The van der Waals surface area contributed by atoms with Crippen molar-refractivity contribution < 1.29 is 19.1 Å². The Bertz CT molecular complexity index is 704. The summed E-state index contributed by atoms with van der Waals surface area (Å²) in [7, 11) is 0. The van der Waals surface area contributed by atoms with Crippen molar-refractivity contribution in [2.75, 3.05) is 31.1 Å². The number of benzene rings is 1. The molecular weight excluding hydrogens is 327 g/mol. The van der Waals surface area contributed by atoms with E-state index in [2.05, 4.69) is 10.2 Å². The molecule has 2 rings (SSSR count). The van der Waals surface area contributed by atoms with Crippen molar-refractivity contribution in [1.82, 2.24) is 10.2 Å². The first-order valence-corrected chi connectivity index (χ1v) is 7.81. The predicted octanol–water partition coefficient (Wildman–Crippen LogP) is 0.944. The molecular formula is C17H19FN4O3. The van der Waals surface area contributed by atoms with Gasteiger partial charge in [0.1, 0.15) is 23.5 Å². The standard InChI is InChI=1S/C17H19FN4O3/c1-12(17(24)25)20-16(23)13(10-19)11-21-6-8-22(9-7-21)15-4-2-14(18)3-5-15/h2-5,11-12H,6-9H2,1H3,(H,20,23)(H,24,25)/b13-11-. The van der Waals surface area contributed by atoms with Crippen molar-refractivity contribution in [3.8, 4) is 6.07 Å². The van der Waals surface area contributed by atoms with Gasteiger partial charge in [0, 0.05) is 38.1 Å². The van der Waals surface area contributed by atoms with Crippen molar-refractivity contribution in [1.29, 1.82) is 5.26 Å². The number of halogens is 1. The van der Waals surface area contributed by atoms with E-state index < -0.39 is 17.9 Å². The Balaban J connectivity index is 1.95. The largest absolute Gasteiger partial charge is 0.480 e. The van der Waals surface area contributed by atoms with E-state index in [-0.39, 0.29) is 11.4 Å². The third-order valence-corrected chi connectivity index (χ3v) is 3.90. The van der Waals surface area contributed by atoms with Gasteiger partial charge in [0.2, 0.25) is 0 Å². The molecule has 1 aromatic rings. The molecule has 2 N–H and O–H groups in total. The lowest BCUT2D eigenvalue weighted by atomic mass is 10.2. The molecule has 0 radical (unpaired) electrons. The first kappa shape index (κ1) is 18.3. The second-order valence-electron chi connectivity index (χ2n) is 5.69. The Morgan fingerprint density at radius 3 is 2.40 bits per heavy atom. The minimum absolute atomic E-state index is 0.136. The van der Waals surface area contributed by atoms with Gasteiger partial charge < -0.3 is 20.2 Å². The lowest BCUT2D eigenvalue weighted by Crippen LogP contribution is -2.45. The second kappa shape index (κ2) is 8.15. The molecule has 1 heterocycles. The molecule has 1 aromatic carbocycles. The SMILES string of the molecule is CC(NC(=O)/C(C#N)=C\N1CCN(c2ccc(F)cc2)CC1)C(=O)O. The molecule has 1 fully saturated rings. The number of nitriles is 1. The molecule has 132 valence electrons. The Morgan fingerprint density at radius 1 is 1.28 bits per heavy atom. The Morgan fingerprint density at radius 2 is 1.88 bits per heavy atom. The van der Waals surface area contributed by atoms with Crippen molar-refractivity contribution in [2.24, 2.45) is 0 Å². The molecule has 0 bridgehead atoms. The molecule has 0 aromatic heterocycles. The summed E-state index contributed by atoms with van der Waals surface area (Å²) in [5.41, 5.74) is 0.780. The number of carboxylic acid groups (broad SMARTS) is 1. The Hall–Kier alpha value is -3.08. The first-order valence-electron chi connectivity index (χ1n) is 7.81. The minimum Gasteiger partial charge on any atom is -0.480 e. The monoisotopic (exact) mass is 346 g/mol. The maximum atomic E-state index is 13.0. The summed E-state index contributed by atoms with van der Waals surface area (Å²) in [4.78, 5) is 26.6. The molecule has 0 aliphatic carbocycles. The highest BCUT2D eigenvalue weighted by Crippen LogP contribution is 2.17. The van der Waals surface area contributed by atoms with Crippen LogP contribution in [0.3, 0.4) is 0 Å². The third kappa shape index (κ3) is 4.94. The van der Waals surface area contributed by atoms with Gasteiger partial charge in [-0.15, -0.1) is 0 Å². The molecule has 0 spiro atoms. The zero-order valence-electron chi connectivity index (χ0n) is 13.8. The molecule has 7 nitrogen and oxygen atoms in total. The van der Waals surface area contributed by atoms with Crippen molar-refractivity contribution >= 4 is 17.6 Å². The van der Waals surface area contributed by atoms with Crippen LogP contribution in [0, 0.1) is 17.1 Å². The summed E-state index contributed by atoms with van der Waals surface area (Å²) in [5, 5.41) is 20.2. The van der Waals surface area contributed by atoms with E-state index in [1.807, 2.05) is 4.90 Å². The number of carboxylic acids is 1. The predicted molar refractivity (Wildman–Crippen MR) is 89.1 cm³/mol. The van der Waals surface area contributed by atoms with Crippen LogP contribution in [-0.2, 0) is 9.59 Å². The van der Waals surface area contributed by atoms with E-state index in [9.17, 15) is 14.0 Å². The number of carbonyl (C=O) groups is 2. The number of hydrogen-bond acceptors (Lipinski definition) is 5. The van der Waals surface area contributed by atoms with Crippen LogP contribution in [0.15, 0.2) is 36.0 Å². The molecule has 8 heteroatoms. The number of rotatable bonds is 5. The minimum atomic E-state index is -1.17. The quantitative estimate of drug-likeness (QED) is 0.608. The van der Waals surface area contributed by atoms with Crippen LogP contribution in [0.2, 0.25) is 0 Å². The van der Waals surface area contributed by atoms with Crippen LogP contribution >= 0.6 is 0 Å². The van der Waals surface area contributed by atoms with Crippen LogP contribution in [0.4, 0.5) is 10.1 Å². The van der Waals surface area contributed by atoms with Crippen molar-refractivity contribution in [2.45, 2.75) is 13.0 Å². The average molecular weight is 346 g/mol. The third-order valence-electron chi connectivity index (χ3n) is 3.90. The first-order chi connectivity index (χ1) is 11.9. The fourth-order valence-corrected chi connectivity index (χ4v) is 2.42. The number of anilines is 1. The number of aliphatic carboxylic acids is 1. The normalized spacial score (nSPS) is 16.1. The van der Waals surface area contributed by atoms with Gasteiger partial charge in [0.25, 0.3) is 5.91 Å². The number of amides is 1. The lowest BCUT2D eigenvalue weighted by molar-refractivity contribution is -0.140. The van der Waals surface area contributed by atoms with Gasteiger partial charge in [-0.3, -0.25) is 9.59 Å². The van der Waals surface area contributed by atoms with Crippen molar-refractivity contribution in [3.05, 3.63) is 41.9 Å². The summed E-state index contributed by atoms with van der Waals surface area (Å²) >= 11 is 0. The van der Waals surface area contributed by atoms with E-state index in [4.69, 9.17) is 10.4 Å². The van der Waals surface area contributed by atoms with E-state index in [0.717, 1.165) is 5.69 Å². The number of piperazine rings is 1. The van der Waals surface area contributed by atoms with Gasteiger partial charge in [-0.25, -0.2) is 4.39 Å². The fraction of sp³-hybridized carbons (Fsp3) is 0.353. The van der Waals surface area contributed by atoms with Crippen LogP contribution in [0.25, 0.3) is 0 Å². The Labute approximate surface area is 144 Å². The maximum absolute atomic E-state index is 13.0. The number of nitrogens with zero attached hydrogens (tertiary/aromatic N) is 3. The van der Waals surface area contributed by atoms with Gasteiger partial charge in [0.05, 0.1) is 0 Å². The molecule has 0 saturated carbocycles. The number of nitrogens with one attached hydrogen (secondary N) is 1. The van der Waals surface area contributed by atoms with E-state index >= 15 is 0 Å². The van der Waals surface area contributed by atoms with Crippen LogP contribution < -0.4 is 10.2 Å². The van der Waals surface area contributed by atoms with Gasteiger partial charge >= 0.3 is 5.97 Å². The molecule has 1 unspecified atom stereocenters. The average Bonchev–Trinajstić information content (AvgIpc) is 2.60. The number of hydrogen-bond donors (Lipinski definition) is 2. The zero-order chi connectivity index (χ0) is 18.4. The molecule has 1 amide bonds. The smallest absolute Gasteiger partial charge is 0.325 e. The summed E-state index contributed by atoms with van der Waals surface area (Å²) in [5.74, 6) is -2.16. The van der Waals surface area contributed by atoms with Gasteiger partial charge in [-0.1, -0.05) is 0 Å². The highest BCUT2D eigenvalue weighted by Gasteiger charge is 2.20. The highest BCUT2D eigenvalue weighted by molar-refractivity contribution is 5.99. The molecule has 1 saturated heterocycles. The summed E-state index contributed by atoms with van der Waals surface area (Å²) in [6.07, 6.45) is 1.45. The van der Waals surface area contributed by atoms with Crippen LogP contribution in [-0.4, -0.2) is 54.1 Å². The summed E-state index contributed by atoms with van der Waals surface area (Å²) < 4.78 is 13.0. The van der Waals surface area contributed by atoms with Gasteiger partial charge in [-0.05, 0) is 31.2 Å². The topological polar surface area (TPSA) is 96.7 Å². The van der Waals surface area contributed by atoms with Crippen LogP contribution in [0.1, 0.15) is 6.92 Å². The van der Waals surface area contributed by atoms with Crippen molar-refractivity contribution in [3.63, 3.8) is 0 Å². The summed E-state index contributed by atoms with van der Waals surface area (Å²) in [6.45, 7) is 3.83. The van der Waals surface area contributed by atoms with E-state index in [1.165, 1.54) is 25.3 Å². The van der Waals surface area contributed by atoms with Gasteiger partial charge in [-0.2, -0.15) is 5.26 Å².